The number of benzene rings is 1. The maximum atomic E-state index is 13.3. The molecule has 2 amide bonds. The van der Waals surface area contributed by atoms with Crippen molar-refractivity contribution in [3.05, 3.63) is 29.8 Å². The van der Waals surface area contributed by atoms with E-state index in [-0.39, 0.29) is 11.6 Å². The third-order valence-corrected chi connectivity index (χ3v) is 2.40. The molecule has 0 saturated carbocycles. The predicted octanol–water partition coefficient (Wildman–Crippen LogP) is 2.20. The maximum absolute atomic E-state index is 13.3. The Morgan fingerprint density at radius 1 is 1.26 bits per heavy atom. The van der Waals surface area contributed by atoms with E-state index in [1.165, 1.54) is 0 Å². The molecule has 0 aliphatic carbocycles. The fraction of sp³-hybridized carbons (Fsp3) is 0.333. The number of urea groups is 1. The van der Waals surface area contributed by atoms with Crippen LogP contribution in [0, 0.1) is 17.6 Å². The molecule has 7 heteroatoms. The first-order chi connectivity index (χ1) is 8.81. The van der Waals surface area contributed by atoms with Gasteiger partial charge in [0.15, 0.2) is 0 Å². The zero-order valence-corrected chi connectivity index (χ0v) is 10.4. The van der Waals surface area contributed by atoms with Crippen molar-refractivity contribution < 1.29 is 23.5 Å². The molecule has 0 saturated heterocycles. The van der Waals surface area contributed by atoms with Gasteiger partial charge in [0.25, 0.3) is 0 Å². The second-order valence-electron chi connectivity index (χ2n) is 4.28. The number of nitrogens with one attached hydrogen (secondary N) is 2. The maximum Gasteiger partial charge on any atom is 0.326 e. The molecule has 0 spiro atoms. The summed E-state index contributed by atoms with van der Waals surface area (Å²) in [6.07, 6.45) is 0. The number of hydrogen-bond acceptors (Lipinski definition) is 2. The highest BCUT2D eigenvalue weighted by molar-refractivity contribution is 5.92. The zero-order chi connectivity index (χ0) is 14.6. The van der Waals surface area contributed by atoms with E-state index in [0.717, 1.165) is 12.1 Å². The number of halogens is 2. The van der Waals surface area contributed by atoms with E-state index in [2.05, 4.69) is 10.6 Å². The van der Waals surface area contributed by atoms with Crippen LogP contribution in [0.25, 0.3) is 0 Å². The molecule has 0 heterocycles. The van der Waals surface area contributed by atoms with Gasteiger partial charge in [-0.25, -0.2) is 18.4 Å². The second-order valence-corrected chi connectivity index (χ2v) is 4.28. The van der Waals surface area contributed by atoms with Crippen LogP contribution in [0.15, 0.2) is 18.2 Å². The largest absolute Gasteiger partial charge is 0.480 e. The van der Waals surface area contributed by atoms with Gasteiger partial charge in [-0.2, -0.15) is 0 Å². The summed E-state index contributed by atoms with van der Waals surface area (Å²) in [5.41, 5.74) is -0.230. The predicted molar refractivity (Wildman–Crippen MR) is 64.8 cm³/mol. The average Bonchev–Trinajstić information content (AvgIpc) is 2.29. The number of carboxylic acids is 1. The molecule has 0 aromatic heterocycles. The Bertz CT molecular complexity index is 492. The summed E-state index contributed by atoms with van der Waals surface area (Å²) in [4.78, 5) is 22.4. The summed E-state index contributed by atoms with van der Waals surface area (Å²) < 4.78 is 25.9. The first-order valence-corrected chi connectivity index (χ1v) is 5.56. The Morgan fingerprint density at radius 3 is 2.37 bits per heavy atom. The summed E-state index contributed by atoms with van der Waals surface area (Å²) in [6.45, 7) is 3.25. The minimum Gasteiger partial charge on any atom is -0.480 e. The van der Waals surface area contributed by atoms with Crippen molar-refractivity contribution in [3.8, 4) is 0 Å². The van der Waals surface area contributed by atoms with E-state index in [0.29, 0.717) is 6.07 Å². The highest BCUT2D eigenvalue weighted by Gasteiger charge is 2.23. The molecule has 104 valence electrons. The Labute approximate surface area is 108 Å². The molecular weight excluding hydrogens is 258 g/mol. The van der Waals surface area contributed by atoms with E-state index in [1.54, 1.807) is 13.8 Å². The molecule has 3 N–H and O–H groups in total. The molecule has 1 rings (SSSR count). The van der Waals surface area contributed by atoms with Crippen LogP contribution < -0.4 is 10.6 Å². The highest BCUT2D eigenvalue weighted by Crippen LogP contribution is 2.14. The minimum atomic E-state index is -1.19. The van der Waals surface area contributed by atoms with Gasteiger partial charge in [0, 0.05) is 6.07 Å². The summed E-state index contributed by atoms with van der Waals surface area (Å²) in [5, 5.41) is 13.2. The van der Waals surface area contributed by atoms with Crippen molar-refractivity contribution in [1.29, 1.82) is 0 Å². The number of amides is 2. The lowest BCUT2D eigenvalue weighted by Crippen LogP contribution is -2.46. The Hall–Kier alpha value is -2.18. The fourth-order valence-corrected chi connectivity index (χ4v) is 1.40. The average molecular weight is 272 g/mol. The Kier molecular flexibility index (Phi) is 4.80. The summed E-state index contributed by atoms with van der Waals surface area (Å²) in [5.74, 6) is -3.23. The molecule has 0 aliphatic heterocycles. The van der Waals surface area contributed by atoms with Crippen molar-refractivity contribution in [1.82, 2.24) is 5.32 Å². The molecule has 0 fully saturated rings. The number of carbonyl (C=O) groups is 2. The minimum absolute atomic E-state index is 0.230. The number of aliphatic carboxylic acids is 1. The van der Waals surface area contributed by atoms with Crippen LogP contribution >= 0.6 is 0 Å². The van der Waals surface area contributed by atoms with Crippen LogP contribution in [0.3, 0.4) is 0 Å². The van der Waals surface area contributed by atoms with E-state index < -0.39 is 29.7 Å². The number of hydrogen-bond donors (Lipinski definition) is 3. The number of rotatable bonds is 4. The van der Waals surface area contributed by atoms with Gasteiger partial charge in [-0.3, -0.25) is 0 Å². The van der Waals surface area contributed by atoms with Gasteiger partial charge in [-0.05, 0) is 18.1 Å². The van der Waals surface area contributed by atoms with Crippen molar-refractivity contribution in [2.45, 2.75) is 19.9 Å². The Balaban J connectivity index is 2.72. The van der Waals surface area contributed by atoms with Crippen LogP contribution in [-0.4, -0.2) is 23.1 Å². The SMILES string of the molecule is CC(C)C(NC(=O)Nc1ccc(F)cc1F)C(=O)O. The molecule has 19 heavy (non-hydrogen) atoms. The molecule has 1 atom stereocenters. The first kappa shape index (κ1) is 14.9. The number of carbonyl (C=O) groups excluding carboxylic acids is 1. The third-order valence-electron chi connectivity index (χ3n) is 2.40. The molecule has 0 aliphatic rings. The lowest BCUT2D eigenvalue weighted by Gasteiger charge is -2.18. The molecule has 5 nitrogen and oxygen atoms in total. The standard InChI is InChI=1S/C12H14F2N2O3/c1-6(2)10(11(17)18)16-12(19)15-9-4-3-7(13)5-8(9)14/h3-6,10H,1-2H3,(H,17,18)(H2,15,16,19). The third kappa shape index (κ3) is 4.20. The van der Waals surface area contributed by atoms with E-state index in [4.69, 9.17) is 5.11 Å². The van der Waals surface area contributed by atoms with Crippen LogP contribution in [-0.2, 0) is 4.79 Å². The van der Waals surface area contributed by atoms with Crippen LogP contribution in [0.2, 0.25) is 0 Å². The van der Waals surface area contributed by atoms with Gasteiger partial charge in [0.1, 0.15) is 17.7 Å². The van der Waals surface area contributed by atoms with E-state index >= 15 is 0 Å². The molecular formula is C12H14F2N2O3. The monoisotopic (exact) mass is 272 g/mol. The zero-order valence-electron chi connectivity index (χ0n) is 10.4. The first-order valence-electron chi connectivity index (χ1n) is 5.56. The van der Waals surface area contributed by atoms with Crippen LogP contribution in [0.4, 0.5) is 19.3 Å². The van der Waals surface area contributed by atoms with Gasteiger partial charge in [-0.15, -0.1) is 0 Å². The smallest absolute Gasteiger partial charge is 0.326 e. The molecule has 1 unspecified atom stereocenters. The van der Waals surface area contributed by atoms with Crippen molar-refractivity contribution in [2.75, 3.05) is 5.32 Å². The second kappa shape index (κ2) is 6.12. The normalized spacial score (nSPS) is 12.1. The van der Waals surface area contributed by atoms with Crippen molar-refractivity contribution >= 4 is 17.7 Å². The van der Waals surface area contributed by atoms with Gasteiger partial charge in [0.05, 0.1) is 5.69 Å². The van der Waals surface area contributed by atoms with Gasteiger partial charge in [0.2, 0.25) is 0 Å². The number of anilines is 1. The molecule has 1 aromatic rings. The summed E-state index contributed by atoms with van der Waals surface area (Å²) in [6, 6.07) is 0.688. The molecule has 0 bridgehead atoms. The highest BCUT2D eigenvalue weighted by atomic mass is 19.1. The van der Waals surface area contributed by atoms with Crippen LogP contribution in [0.5, 0.6) is 0 Å². The number of carboxylic acid groups (broad SMARTS) is 1. The summed E-state index contributed by atoms with van der Waals surface area (Å²) in [7, 11) is 0. The lowest BCUT2D eigenvalue weighted by atomic mass is 10.1. The topological polar surface area (TPSA) is 78.4 Å². The molecule has 0 radical (unpaired) electrons. The van der Waals surface area contributed by atoms with E-state index in [9.17, 15) is 18.4 Å². The Morgan fingerprint density at radius 2 is 1.89 bits per heavy atom. The van der Waals surface area contributed by atoms with Gasteiger partial charge in [-0.1, -0.05) is 13.8 Å². The lowest BCUT2D eigenvalue weighted by molar-refractivity contribution is -0.140. The van der Waals surface area contributed by atoms with E-state index in [1.807, 2.05) is 0 Å². The molecule has 1 aromatic carbocycles. The van der Waals surface area contributed by atoms with Crippen LogP contribution in [0.1, 0.15) is 13.8 Å². The summed E-state index contributed by atoms with van der Waals surface area (Å²) >= 11 is 0. The fourth-order valence-electron chi connectivity index (χ4n) is 1.40. The van der Waals surface area contributed by atoms with Gasteiger partial charge >= 0.3 is 12.0 Å². The van der Waals surface area contributed by atoms with Crippen molar-refractivity contribution in [3.63, 3.8) is 0 Å². The van der Waals surface area contributed by atoms with Gasteiger partial charge < -0.3 is 15.7 Å². The van der Waals surface area contributed by atoms with Crippen molar-refractivity contribution in [2.24, 2.45) is 5.92 Å². The quantitative estimate of drug-likeness (QED) is 0.786.